The van der Waals surface area contributed by atoms with Crippen LogP contribution in [0.15, 0.2) is 48.5 Å². The standard InChI is InChI=1S/C19H16INO3/c1-12-16-10-14(20)8-9-15(16)18(17(21-12)19(22)23-2)24-11-13-6-4-3-5-7-13/h3-10H,11H2,1-2H3. The molecule has 1 aromatic heterocycles. The van der Waals surface area contributed by atoms with Crippen molar-refractivity contribution in [3.63, 3.8) is 0 Å². The highest BCUT2D eigenvalue weighted by atomic mass is 127. The lowest BCUT2D eigenvalue weighted by atomic mass is 10.1. The Morgan fingerprint density at radius 3 is 2.58 bits per heavy atom. The van der Waals surface area contributed by atoms with Gasteiger partial charge in [-0.1, -0.05) is 30.3 Å². The summed E-state index contributed by atoms with van der Waals surface area (Å²) >= 11 is 2.26. The van der Waals surface area contributed by atoms with Crippen LogP contribution in [0.4, 0.5) is 0 Å². The number of pyridine rings is 1. The van der Waals surface area contributed by atoms with Crippen LogP contribution < -0.4 is 4.74 Å². The van der Waals surface area contributed by atoms with E-state index < -0.39 is 5.97 Å². The molecule has 0 bridgehead atoms. The Kier molecular flexibility index (Phi) is 4.99. The Balaban J connectivity index is 2.11. The molecule has 0 amide bonds. The van der Waals surface area contributed by atoms with Crippen LogP contribution in [0, 0.1) is 10.5 Å². The van der Waals surface area contributed by atoms with Crippen molar-refractivity contribution in [2.75, 3.05) is 7.11 Å². The molecule has 0 saturated carbocycles. The normalized spacial score (nSPS) is 10.6. The molecule has 0 aliphatic carbocycles. The Morgan fingerprint density at radius 2 is 1.88 bits per heavy atom. The maximum absolute atomic E-state index is 12.1. The molecule has 0 N–H and O–H groups in total. The van der Waals surface area contributed by atoms with Crippen molar-refractivity contribution < 1.29 is 14.3 Å². The van der Waals surface area contributed by atoms with Crippen molar-refractivity contribution >= 4 is 39.3 Å². The monoisotopic (exact) mass is 433 g/mol. The quantitative estimate of drug-likeness (QED) is 0.449. The lowest BCUT2D eigenvalue weighted by Gasteiger charge is -2.14. The zero-order chi connectivity index (χ0) is 17.1. The second-order valence-corrected chi connectivity index (χ2v) is 6.58. The van der Waals surface area contributed by atoms with Crippen molar-refractivity contribution in [3.05, 3.63) is 69.1 Å². The van der Waals surface area contributed by atoms with Gasteiger partial charge in [0.1, 0.15) is 6.61 Å². The van der Waals surface area contributed by atoms with Crippen molar-refractivity contribution in [3.8, 4) is 5.75 Å². The average molecular weight is 433 g/mol. The van der Waals surface area contributed by atoms with Gasteiger partial charge in [0.2, 0.25) is 0 Å². The smallest absolute Gasteiger partial charge is 0.360 e. The summed E-state index contributed by atoms with van der Waals surface area (Å²) in [7, 11) is 1.35. The first-order valence-corrected chi connectivity index (χ1v) is 8.53. The molecule has 5 heteroatoms. The van der Waals surface area contributed by atoms with Crippen LogP contribution in [0.5, 0.6) is 5.75 Å². The number of fused-ring (bicyclic) bond motifs is 1. The SMILES string of the molecule is COC(=O)c1nc(C)c2cc(I)ccc2c1OCc1ccccc1. The topological polar surface area (TPSA) is 48.4 Å². The first-order chi connectivity index (χ1) is 11.6. The lowest BCUT2D eigenvalue weighted by Crippen LogP contribution is -2.10. The van der Waals surface area contributed by atoms with Gasteiger partial charge in [0.05, 0.1) is 7.11 Å². The molecule has 4 nitrogen and oxygen atoms in total. The second-order valence-electron chi connectivity index (χ2n) is 5.33. The number of ether oxygens (including phenoxy) is 2. The molecule has 0 fully saturated rings. The molecule has 0 spiro atoms. The summed E-state index contributed by atoms with van der Waals surface area (Å²) in [6, 6.07) is 15.8. The number of nitrogens with zero attached hydrogens (tertiary/aromatic N) is 1. The highest BCUT2D eigenvalue weighted by Gasteiger charge is 2.20. The molecule has 24 heavy (non-hydrogen) atoms. The van der Waals surface area contributed by atoms with E-state index in [4.69, 9.17) is 9.47 Å². The van der Waals surface area contributed by atoms with Crippen LogP contribution in [0.1, 0.15) is 21.7 Å². The number of benzene rings is 2. The van der Waals surface area contributed by atoms with Crippen molar-refractivity contribution in [2.24, 2.45) is 0 Å². The maximum Gasteiger partial charge on any atom is 0.360 e. The minimum Gasteiger partial charge on any atom is -0.486 e. The number of esters is 1. The molecular weight excluding hydrogens is 417 g/mol. The molecule has 122 valence electrons. The molecule has 0 radical (unpaired) electrons. The molecule has 0 saturated heterocycles. The minimum atomic E-state index is -0.499. The highest BCUT2D eigenvalue weighted by Crippen LogP contribution is 2.32. The number of methoxy groups -OCH3 is 1. The van der Waals surface area contributed by atoms with E-state index in [1.807, 2.05) is 55.5 Å². The van der Waals surface area contributed by atoms with Crippen LogP contribution in [-0.2, 0) is 11.3 Å². The fourth-order valence-electron chi connectivity index (χ4n) is 2.53. The number of aromatic nitrogens is 1. The van der Waals surface area contributed by atoms with Gasteiger partial charge < -0.3 is 9.47 Å². The van der Waals surface area contributed by atoms with E-state index in [1.165, 1.54) is 7.11 Å². The van der Waals surface area contributed by atoms with Gasteiger partial charge in [-0.25, -0.2) is 9.78 Å². The average Bonchev–Trinajstić information content (AvgIpc) is 2.61. The number of carbonyl (C=O) groups is 1. The summed E-state index contributed by atoms with van der Waals surface area (Å²) in [6.45, 7) is 2.24. The molecule has 3 rings (SSSR count). The van der Waals surface area contributed by atoms with Crippen molar-refractivity contribution in [1.82, 2.24) is 4.98 Å². The number of hydrogen-bond acceptors (Lipinski definition) is 4. The Hall–Kier alpha value is -2.15. The van der Waals surface area contributed by atoms with Crippen LogP contribution in [0.2, 0.25) is 0 Å². The Morgan fingerprint density at radius 1 is 1.12 bits per heavy atom. The van der Waals surface area contributed by atoms with Gasteiger partial charge in [-0.15, -0.1) is 0 Å². The van der Waals surface area contributed by atoms with Gasteiger partial charge in [-0.05, 0) is 53.3 Å². The van der Waals surface area contributed by atoms with Gasteiger partial charge in [-0.3, -0.25) is 0 Å². The first kappa shape index (κ1) is 16.7. The highest BCUT2D eigenvalue weighted by molar-refractivity contribution is 14.1. The van der Waals surface area contributed by atoms with Crippen LogP contribution in [-0.4, -0.2) is 18.1 Å². The van der Waals surface area contributed by atoms with E-state index in [0.29, 0.717) is 12.4 Å². The number of rotatable bonds is 4. The number of halogens is 1. The van der Waals surface area contributed by atoms with Gasteiger partial charge in [0, 0.05) is 20.0 Å². The predicted molar refractivity (Wildman–Crippen MR) is 101 cm³/mol. The van der Waals surface area contributed by atoms with E-state index in [9.17, 15) is 4.79 Å². The van der Waals surface area contributed by atoms with Crippen molar-refractivity contribution in [1.29, 1.82) is 0 Å². The molecular formula is C19H16INO3. The van der Waals surface area contributed by atoms with Crippen LogP contribution in [0.25, 0.3) is 10.8 Å². The third kappa shape index (κ3) is 3.36. The summed E-state index contributed by atoms with van der Waals surface area (Å²) < 4.78 is 12.0. The van der Waals surface area contributed by atoms with E-state index in [-0.39, 0.29) is 5.69 Å². The fraction of sp³-hybridized carbons (Fsp3) is 0.158. The minimum absolute atomic E-state index is 0.208. The third-order valence-electron chi connectivity index (χ3n) is 3.72. The summed E-state index contributed by atoms with van der Waals surface area (Å²) in [4.78, 5) is 16.6. The van der Waals surface area contributed by atoms with E-state index in [0.717, 1.165) is 25.6 Å². The third-order valence-corrected chi connectivity index (χ3v) is 4.39. The number of aryl methyl sites for hydroxylation is 1. The molecule has 2 aromatic carbocycles. The predicted octanol–water partition coefficient (Wildman–Crippen LogP) is 4.51. The molecule has 1 heterocycles. The van der Waals surface area contributed by atoms with Gasteiger partial charge in [0.25, 0.3) is 0 Å². The Labute approximate surface area is 154 Å². The number of hydrogen-bond donors (Lipinski definition) is 0. The maximum atomic E-state index is 12.1. The number of carbonyl (C=O) groups excluding carboxylic acids is 1. The summed E-state index contributed by atoms with van der Waals surface area (Å²) in [5.41, 5.74) is 2.00. The molecule has 3 aromatic rings. The van der Waals surface area contributed by atoms with Gasteiger partial charge in [-0.2, -0.15) is 0 Å². The van der Waals surface area contributed by atoms with Gasteiger partial charge >= 0.3 is 5.97 Å². The lowest BCUT2D eigenvalue weighted by molar-refractivity contribution is 0.0588. The summed E-state index contributed by atoms with van der Waals surface area (Å²) in [6.07, 6.45) is 0. The molecule has 0 unspecified atom stereocenters. The fourth-order valence-corrected chi connectivity index (χ4v) is 3.02. The van der Waals surface area contributed by atoms with Crippen LogP contribution in [0.3, 0.4) is 0 Å². The second kappa shape index (κ2) is 7.17. The molecule has 0 aliphatic heterocycles. The zero-order valence-corrected chi connectivity index (χ0v) is 15.5. The van der Waals surface area contributed by atoms with Crippen LogP contribution >= 0.6 is 22.6 Å². The first-order valence-electron chi connectivity index (χ1n) is 7.45. The summed E-state index contributed by atoms with van der Waals surface area (Å²) in [5.74, 6) is -0.0377. The van der Waals surface area contributed by atoms with Crippen molar-refractivity contribution in [2.45, 2.75) is 13.5 Å². The molecule has 0 atom stereocenters. The van der Waals surface area contributed by atoms with E-state index in [2.05, 4.69) is 27.6 Å². The van der Waals surface area contributed by atoms with E-state index in [1.54, 1.807) is 0 Å². The van der Waals surface area contributed by atoms with Gasteiger partial charge in [0.15, 0.2) is 11.4 Å². The largest absolute Gasteiger partial charge is 0.486 e. The Bertz CT molecular complexity index is 894. The zero-order valence-electron chi connectivity index (χ0n) is 13.4. The molecule has 0 aliphatic rings. The summed E-state index contributed by atoms with van der Waals surface area (Å²) in [5, 5.41) is 1.83. The van der Waals surface area contributed by atoms with E-state index >= 15 is 0 Å².